The van der Waals surface area contributed by atoms with Gasteiger partial charge in [-0.15, -0.1) is 0 Å². The molecule has 1 heterocycles. The van der Waals surface area contributed by atoms with Gasteiger partial charge in [0.2, 0.25) is 5.91 Å². The molecule has 0 radical (unpaired) electrons. The molecule has 1 aromatic carbocycles. The first-order valence-corrected chi connectivity index (χ1v) is 8.16. The third kappa shape index (κ3) is 4.71. The second-order valence-electron chi connectivity index (χ2n) is 5.53. The van der Waals surface area contributed by atoms with Crippen LogP contribution >= 0.6 is 22.6 Å². The van der Waals surface area contributed by atoms with E-state index in [-0.39, 0.29) is 11.9 Å². The van der Waals surface area contributed by atoms with Crippen LogP contribution in [0.15, 0.2) is 24.3 Å². The molecule has 2 rings (SSSR count). The van der Waals surface area contributed by atoms with E-state index < -0.39 is 0 Å². The molecule has 1 aliphatic heterocycles. The lowest BCUT2D eigenvalue weighted by molar-refractivity contribution is -0.117. The molecule has 5 heteroatoms. The zero-order chi connectivity index (χ0) is 14.5. The van der Waals surface area contributed by atoms with Gasteiger partial charge in [0.05, 0.1) is 6.54 Å². The van der Waals surface area contributed by atoms with Gasteiger partial charge in [0.1, 0.15) is 0 Å². The first kappa shape index (κ1) is 15.7. The van der Waals surface area contributed by atoms with E-state index in [1.165, 1.54) is 0 Å². The predicted octanol–water partition coefficient (Wildman–Crippen LogP) is 2.29. The number of halogens is 1. The summed E-state index contributed by atoms with van der Waals surface area (Å²) in [5, 5.41) is 2.95. The Bertz CT molecular complexity index is 456. The van der Waals surface area contributed by atoms with Crippen molar-refractivity contribution in [2.45, 2.75) is 25.8 Å². The number of nitrogens with two attached hydrogens (primary N) is 1. The molecular weight excluding hydrogens is 365 g/mol. The van der Waals surface area contributed by atoms with Gasteiger partial charge < -0.3 is 11.1 Å². The quantitative estimate of drug-likeness (QED) is 0.780. The van der Waals surface area contributed by atoms with Crippen molar-refractivity contribution in [3.8, 4) is 0 Å². The molecule has 1 amide bonds. The van der Waals surface area contributed by atoms with Gasteiger partial charge in [0.25, 0.3) is 0 Å². The molecule has 1 unspecified atom stereocenters. The second kappa shape index (κ2) is 7.38. The number of anilines is 1. The van der Waals surface area contributed by atoms with Crippen molar-refractivity contribution < 1.29 is 4.79 Å². The molecule has 0 saturated carbocycles. The van der Waals surface area contributed by atoms with Crippen molar-refractivity contribution in [3.05, 3.63) is 27.8 Å². The van der Waals surface area contributed by atoms with E-state index in [4.69, 9.17) is 5.73 Å². The summed E-state index contributed by atoms with van der Waals surface area (Å²) in [6.07, 6.45) is 2.18. The van der Waals surface area contributed by atoms with Gasteiger partial charge in [-0.05, 0) is 79.6 Å². The molecule has 0 aromatic heterocycles. The molecule has 0 spiro atoms. The van der Waals surface area contributed by atoms with Crippen LogP contribution < -0.4 is 11.1 Å². The molecule has 4 nitrogen and oxygen atoms in total. The molecule has 0 aliphatic carbocycles. The first-order chi connectivity index (χ1) is 9.54. The van der Waals surface area contributed by atoms with Crippen LogP contribution in [0.2, 0.25) is 0 Å². The normalized spacial score (nSPS) is 18.8. The summed E-state index contributed by atoms with van der Waals surface area (Å²) in [5.41, 5.74) is 6.80. The van der Waals surface area contributed by atoms with Gasteiger partial charge >= 0.3 is 0 Å². The summed E-state index contributed by atoms with van der Waals surface area (Å²) >= 11 is 2.24. The van der Waals surface area contributed by atoms with Crippen LogP contribution in [0, 0.1) is 9.49 Å². The summed E-state index contributed by atoms with van der Waals surface area (Å²) in [6.45, 7) is 4.47. The highest BCUT2D eigenvalue weighted by molar-refractivity contribution is 14.1. The predicted molar refractivity (Wildman–Crippen MR) is 90.6 cm³/mol. The number of likely N-dealkylation sites (tertiary alicyclic amines) is 1. The van der Waals surface area contributed by atoms with Crippen LogP contribution in [0.4, 0.5) is 5.69 Å². The largest absolute Gasteiger partial charge is 0.328 e. The smallest absolute Gasteiger partial charge is 0.238 e. The number of nitrogens with one attached hydrogen (secondary N) is 1. The fourth-order valence-electron chi connectivity index (χ4n) is 2.61. The van der Waals surface area contributed by atoms with Crippen molar-refractivity contribution in [2.75, 3.05) is 25.0 Å². The Morgan fingerprint density at radius 2 is 2.20 bits per heavy atom. The van der Waals surface area contributed by atoms with Gasteiger partial charge in [0, 0.05) is 15.3 Å². The highest BCUT2D eigenvalue weighted by Gasteiger charge is 2.22. The third-order valence-electron chi connectivity index (χ3n) is 3.85. The number of carbonyl (C=O) groups excluding carboxylic acids is 1. The van der Waals surface area contributed by atoms with Gasteiger partial charge in [-0.1, -0.05) is 6.07 Å². The van der Waals surface area contributed by atoms with Crippen LogP contribution in [0.3, 0.4) is 0 Å². The van der Waals surface area contributed by atoms with Crippen LogP contribution in [-0.4, -0.2) is 36.5 Å². The van der Waals surface area contributed by atoms with E-state index in [2.05, 4.69) is 39.7 Å². The highest BCUT2D eigenvalue weighted by Crippen LogP contribution is 2.19. The van der Waals surface area contributed by atoms with Crippen LogP contribution in [0.5, 0.6) is 0 Å². The van der Waals surface area contributed by atoms with Crippen LogP contribution in [0.25, 0.3) is 0 Å². The summed E-state index contributed by atoms with van der Waals surface area (Å²) in [6, 6.07) is 8.11. The fraction of sp³-hybridized carbons (Fsp3) is 0.533. The lowest BCUT2D eigenvalue weighted by Crippen LogP contribution is -2.42. The van der Waals surface area contributed by atoms with Gasteiger partial charge in [-0.2, -0.15) is 0 Å². The van der Waals surface area contributed by atoms with Crippen LogP contribution in [-0.2, 0) is 4.79 Å². The Balaban J connectivity index is 1.78. The molecule has 0 bridgehead atoms. The second-order valence-corrected chi connectivity index (χ2v) is 6.78. The van der Waals surface area contributed by atoms with E-state index in [1.807, 2.05) is 24.3 Å². The average Bonchev–Trinajstić information content (AvgIpc) is 2.39. The van der Waals surface area contributed by atoms with Gasteiger partial charge in [0.15, 0.2) is 0 Å². The van der Waals surface area contributed by atoms with Crippen LogP contribution in [0.1, 0.15) is 19.8 Å². The Morgan fingerprint density at radius 3 is 2.80 bits per heavy atom. The summed E-state index contributed by atoms with van der Waals surface area (Å²) in [4.78, 5) is 14.2. The van der Waals surface area contributed by atoms with Crippen molar-refractivity contribution in [3.63, 3.8) is 0 Å². The Hall–Kier alpha value is -0.660. The van der Waals surface area contributed by atoms with E-state index in [9.17, 15) is 4.79 Å². The minimum Gasteiger partial charge on any atom is -0.328 e. The standard InChI is InChI=1S/C15H22IN3O/c1-11(17)12-5-7-19(8-6-12)10-15(20)18-14-4-2-3-13(16)9-14/h2-4,9,11-12H,5-8,10,17H2,1H3,(H,18,20). The van der Waals surface area contributed by atoms with E-state index >= 15 is 0 Å². The fourth-order valence-corrected chi connectivity index (χ4v) is 3.15. The number of hydrogen-bond donors (Lipinski definition) is 2. The van der Waals surface area contributed by atoms with E-state index in [0.717, 1.165) is 35.2 Å². The maximum Gasteiger partial charge on any atom is 0.238 e. The van der Waals surface area contributed by atoms with Gasteiger partial charge in [-0.3, -0.25) is 9.69 Å². The topological polar surface area (TPSA) is 58.4 Å². The first-order valence-electron chi connectivity index (χ1n) is 7.08. The molecular formula is C15H22IN3O. The Labute approximate surface area is 134 Å². The van der Waals surface area contributed by atoms with Gasteiger partial charge in [-0.25, -0.2) is 0 Å². The van der Waals surface area contributed by atoms with Crippen molar-refractivity contribution in [2.24, 2.45) is 11.7 Å². The molecule has 20 heavy (non-hydrogen) atoms. The molecule has 1 aromatic rings. The minimum absolute atomic E-state index is 0.0613. The zero-order valence-corrected chi connectivity index (χ0v) is 14.0. The Morgan fingerprint density at radius 1 is 1.50 bits per heavy atom. The average molecular weight is 387 g/mol. The maximum absolute atomic E-state index is 12.0. The summed E-state index contributed by atoms with van der Waals surface area (Å²) in [7, 11) is 0. The SMILES string of the molecule is CC(N)C1CCN(CC(=O)Nc2cccc(I)c2)CC1. The number of carbonyl (C=O) groups is 1. The molecule has 1 saturated heterocycles. The molecule has 110 valence electrons. The molecule has 1 atom stereocenters. The monoisotopic (exact) mass is 387 g/mol. The highest BCUT2D eigenvalue weighted by atomic mass is 127. The summed E-state index contributed by atoms with van der Waals surface area (Å²) in [5.74, 6) is 0.663. The Kier molecular flexibility index (Phi) is 5.80. The number of piperidine rings is 1. The van der Waals surface area contributed by atoms with Crippen molar-refractivity contribution >= 4 is 34.2 Å². The maximum atomic E-state index is 12.0. The number of amides is 1. The molecule has 3 N–H and O–H groups in total. The number of hydrogen-bond acceptors (Lipinski definition) is 3. The molecule has 1 aliphatic rings. The summed E-state index contributed by atoms with van der Waals surface area (Å²) < 4.78 is 1.12. The van der Waals surface area contributed by atoms with Crippen molar-refractivity contribution in [1.29, 1.82) is 0 Å². The lowest BCUT2D eigenvalue weighted by atomic mass is 9.91. The van der Waals surface area contributed by atoms with E-state index in [0.29, 0.717) is 12.5 Å². The number of nitrogens with zero attached hydrogens (tertiary/aromatic N) is 1. The number of rotatable bonds is 4. The van der Waals surface area contributed by atoms with Crippen molar-refractivity contribution in [1.82, 2.24) is 4.90 Å². The zero-order valence-electron chi connectivity index (χ0n) is 11.8. The number of benzene rings is 1. The third-order valence-corrected chi connectivity index (χ3v) is 4.52. The van der Waals surface area contributed by atoms with E-state index in [1.54, 1.807) is 0 Å². The minimum atomic E-state index is 0.0613. The molecule has 1 fully saturated rings. The lowest BCUT2D eigenvalue weighted by Gasteiger charge is -2.33.